The number of benzene rings is 2. The zero-order valence-corrected chi connectivity index (χ0v) is 11.4. The summed E-state index contributed by atoms with van der Waals surface area (Å²) in [4.78, 5) is 0. The van der Waals surface area contributed by atoms with E-state index in [-0.39, 0.29) is 5.56 Å². The summed E-state index contributed by atoms with van der Waals surface area (Å²) < 4.78 is 51.9. The zero-order valence-electron chi connectivity index (χ0n) is 11.4. The largest absolute Gasteiger partial charge is 0.416 e. The molecular formula is C16H15F4N. The first-order valence-corrected chi connectivity index (χ1v) is 6.54. The molecular weight excluding hydrogens is 282 g/mol. The lowest BCUT2D eigenvalue weighted by molar-refractivity contribution is -0.137. The first-order chi connectivity index (χ1) is 9.82. The molecule has 0 aliphatic carbocycles. The van der Waals surface area contributed by atoms with E-state index in [1.165, 1.54) is 0 Å². The lowest BCUT2D eigenvalue weighted by Crippen LogP contribution is -2.15. The van der Waals surface area contributed by atoms with Gasteiger partial charge in [-0.05, 0) is 35.7 Å². The summed E-state index contributed by atoms with van der Waals surface area (Å²) in [6, 6.07) is 8.45. The van der Waals surface area contributed by atoms with Gasteiger partial charge in [0.1, 0.15) is 5.82 Å². The quantitative estimate of drug-likeness (QED) is 0.832. The van der Waals surface area contributed by atoms with Gasteiger partial charge in [0.15, 0.2) is 0 Å². The number of nitrogens with two attached hydrogens (primary N) is 1. The van der Waals surface area contributed by atoms with Crippen LogP contribution in [0.1, 0.15) is 35.2 Å². The van der Waals surface area contributed by atoms with Gasteiger partial charge >= 0.3 is 6.18 Å². The second-order valence-electron chi connectivity index (χ2n) is 4.81. The van der Waals surface area contributed by atoms with Crippen LogP contribution >= 0.6 is 0 Å². The van der Waals surface area contributed by atoms with Crippen LogP contribution in [0.3, 0.4) is 0 Å². The van der Waals surface area contributed by atoms with E-state index in [2.05, 4.69) is 0 Å². The van der Waals surface area contributed by atoms with Crippen LogP contribution in [0, 0.1) is 5.82 Å². The van der Waals surface area contributed by atoms with Crippen molar-refractivity contribution < 1.29 is 17.6 Å². The Balaban J connectivity index is 2.39. The van der Waals surface area contributed by atoms with Gasteiger partial charge in [0.25, 0.3) is 0 Å². The molecule has 0 amide bonds. The van der Waals surface area contributed by atoms with Gasteiger partial charge in [-0.25, -0.2) is 4.39 Å². The summed E-state index contributed by atoms with van der Waals surface area (Å²) in [6.45, 7) is 1.99. The lowest BCUT2D eigenvalue weighted by Gasteiger charge is -2.16. The minimum Gasteiger partial charge on any atom is -0.320 e. The third-order valence-electron chi connectivity index (χ3n) is 3.41. The van der Waals surface area contributed by atoms with Crippen molar-refractivity contribution in [1.29, 1.82) is 0 Å². The molecule has 0 aliphatic rings. The standard InChI is InChI=1S/C16H15F4N/c1-2-10-3-5-11(6-4-10)15(21)13-9-12(16(18,19)20)7-8-14(13)17/h3-9,15H,2,21H2,1H3. The van der Waals surface area contributed by atoms with E-state index in [0.717, 1.165) is 24.1 Å². The van der Waals surface area contributed by atoms with Crippen LogP contribution in [0.4, 0.5) is 17.6 Å². The maximum atomic E-state index is 13.8. The van der Waals surface area contributed by atoms with Crippen molar-refractivity contribution in [2.24, 2.45) is 5.73 Å². The molecule has 0 spiro atoms. The van der Waals surface area contributed by atoms with E-state index in [4.69, 9.17) is 5.73 Å². The molecule has 0 saturated carbocycles. The highest BCUT2D eigenvalue weighted by atomic mass is 19.4. The molecule has 112 valence electrons. The van der Waals surface area contributed by atoms with Crippen LogP contribution in [0.2, 0.25) is 0 Å². The molecule has 2 aromatic rings. The maximum absolute atomic E-state index is 13.8. The molecule has 1 unspecified atom stereocenters. The van der Waals surface area contributed by atoms with Crippen molar-refractivity contribution >= 4 is 0 Å². The van der Waals surface area contributed by atoms with E-state index in [9.17, 15) is 17.6 Å². The highest BCUT2D eigenvalue weighted by molar-refractivity contribution is 5.36. The molecule has 2 aromatic carbocycles. The zero-order chi connectivity index (χ0) is 15.6. The molecule has 0 aromatic heterocycles. The minimum absolute atomic E-state index is 0.158. The van der Waals surface area contributed by atoms with Crippen LogP contribution in [0.25, 0.3) is 0 Å². The Labute approximate surface area is 120 Å². The number of rotatable bonds is 3. The molecule has 2 N–H and O–H groups in total. The third kappa shape index (κ3) is 3.42. The van der Waals surface area contributed by atoms with E-state index < -0.39 is 23.6 Å². The fourth-order valence-corrected chi connectivity index (χ4v) is 2.10. The van der Waals surface area contributed by atoms with E-state index in [1.54, 1.807) is 12.1 Å². The Hall–Kier alpha value is -1.88. The van der Waals surface area contributed by atoms with E-state index >= 15 is 0 Å². The van der Waals surface area contributed by atoms with Gasteiger partial charge < -0.3 is 5.73 Å². The summed E-state index contributed by atoms with van der Waals surface area (Å²) in [5.74, 6) is -0.741. The second kappa shape index (κ2) is 5.85. The van der Waals surface area contributed by atoms with Crippen LogP contribution in [0.5, 0.6) is 0 Å². The molecule has 1 nitrogen and oxygen atoms in total. The SMILES string of the molecule is CCc1ccc(C(N)c2cc(C(F)(F)F)ccc2F)cc1. The molecule has 2 rings (SSSR count). The van der Waals surface area contributed by atoms with Gasteiger partial charge in [0, 0.05) is 5.56 Å². The Morgan fingerprint density at radius 3 is 2.19 bits per heavy atom. The number of halogens is 4. The van der Waals surface area contributed by atoms with Gasteiger partial charge in [-0.15, -0.1) is 0 Å². The van der Waals surface area contributed by atoms with Crippen LogP contribution in [-0.2, 0) is 12.6 Å². The monoisotopic (exact) mass is 297 g/mol. The van der Waals surface area contributed by atoms with Gasteiger partial charge in [-0.3, -0.25) is 0 Å². The minimum atomic E-state index is -4.52. The predicted octanol–water partition coefficient (Wildman–Crippen LogP) is 4.46. The van der Waals surface area contributed by atoms with Crippen molar-refractivity contribution in [3.63, 3.8) is 0 Å². The Bertz CT molecular complexity index is 617. The number of hydrogen-bond acceptors (Lipinski definition) is 1. The smallest absolute Gasteiger partial charge is 0.320 e. The Kier molecular flexibility index (Phi) is 4.32. The summed E-state index contributed by atoms with van der Waals surface area (Å²) in [5, 5.41) is 0. The summed E-state index contributed by atoms with van der Waals surface area (Å²) >= 11 is 0. The Morgan fingerprint density at radius 2 is 1.67 bits per heavy atom. The topological polar surface area (TPSA) is 26.0 Å². The third-order valence-corrected chi connectivity index (χ3v) is 3.41. The highest BCUT2D eigenvalue weighted by Gasteiger charge is 2.31. The maximum Gasteiger partial charge on any atom is 0.416 e. The molecule has 1 atom stereocenters. The predicted molar refractivity (Wildman–Crippen MR) is 73.3 cm³/mol. The first-order valence-electron chi connectivity index (χ1n) is 6.54. The fraction of sp³-hybridized carbons (Fsp3) is 0.250. The molecule has 0 fully saturated rings. The van der Waals surface area contributed by atoms with Gasteiger partial charge in [0.05, 0.1) is 11.6 Å². The molecule has 21 heavy (non-hydrogen) atoms. The van der Waals surface area contributed by atoms with Crippen molar-refractivity contribution in [3.05, 3.63) is 70.5 Å². The van der Waals surface area contributed by atoms with Crippen LogP contribution < -0.4 is 5.73 Å². The Morgan fingerprint density at radius 1 is 1.05 bits per heavy atom. The molecule has 0 saturated heterocycles. The summed E-state index contributed by atoms with van der Waals surface area (Å²) in [7, 11) is 0. The number of aryl methyl sites for hydroxylation is 1. The van der Waals surface area contributed by atoms with Crippen LogP contribution in [0.15, 0.2) is 42.5 Å². The van der Waals surface area contributed by atoms with Crippen molar-refractivity contribution in [3.8, 4) is 0 Å². The molecule has 5 heteroatoms. The second-order valence-corrected chi connectivity index (χ2v) is 4.81. The molecule has 0 aliphatic heterocycles. The average Bonchev–Trinajstić information content (AvgIpc) is 2.46. The van der Waals surface area contributed by atoms with Crippen molar-refractivity contribution in [1.82, 2.24) is 0 Å². The number of hydrogen-bond donors (Lipinski definition) is 1. The first kappa shape index (κ1) is 15.5. The summed E-state index contributed by atoms with van der Waals surface area (Å²) in [5.41, 5.74) is 6.51. The number of alkyl halides is 3. The molecule has 0 bridgehead atoms. The molecule has 0 heterocycles. The normalized spacial score (nSPS) is 13.2. The fourth-order valence-electron chi connectivity index (χ4n) is 2.10. The average molecular weight is 297 g/mol. The van der Waals surface area contributed by atoms with E-state index in [0.29, 0.717) is 11.6 Å². The molecule has 0 radical (unpaired) electrons. The van der Waals surface area contributed by atoms with Gasteiger partial charge in [-0.2, -0.15) is 13.2 Å². The lowest BCUT2D eigenvalue weighted by atomic mass is 9.96. The van der Waals surface area contributed by atoms with Gasteiger partial charge in [0.2, 0.25) is 0 Å². The van der Waals surface area contributed by atoms with Gasteiger partial charge in [-0.1, -0.05) is 31.2 Å². The highest BCUT2D eigenvalue weighted by Crippen LogP contribution is 2.32. The summed E-state index contributed by atoms with van der Waals surface area (Å²) in [6.07, 6.45) is -3.68. The van der Waals surface area contributed by atoms with Crippen molar-refractivity contribution in [2.45, 2.75) is 25.6 Å². The van der Waals surface area contributed by atoms with Crippen LogP contribution in [-0.4, -0.2) is 0 Å². The van der Waals surface area contributed by atoms with E-state index in [1.807, 2.05) is 19.1 Å². The van der Waals surface area contributed by atoms with Crippen molar-refractivity contribution in [2.75, 3.05) is 0 Å².